The number of hydrogen-bond acceptors (Lipinski definition) is 5. The molecule has 0 heterocycles. The van der Waals surface area contributed by atoms with Gasteiger partial charge < -0.3 is 16.0 Å². The Morgan fingerprint density at radius 3 is 2.45 bits per heavy atom. The van der Waals surface area contributed by atoms with Crippen molar-refractivity contribution in [2.75, 3.05) is 13.6 Å². The summed E-state index contributed by atoms with van der Waals surface area (Å²) in [6, 6.07) is 0.132. The van der Waals surface area contributed by atoms with Gasteiger partial charge in [-0.05, 0) is 37.4 Å². The molecule has 0 aromatic rings. The molecule has 1 amide bonds. The van der Waals surface area contributed by atoms with Crippen molar-refractivity contribution in [1.29, 1.82) is 0 Å². The molecule has 0 aromatic carbocycles. The molecule has 3 N–H and O–H groups in total. The third-order valence-electron chi connectivity index (χ3n) is 2.65. The highest BCUT2D eigenvalue weighted by atomic mass is 16.1. The maximum atomic E-state index is 11.1. The quantitative estimate of drug-likeness (QED) is 0.271. The van der Waals surface area contributed by atoms with Crippen LogP contribution in [-0.2, 0) is 14.4 Å². The van der Waals surface area contributed by atoms with E-state index in [1.54, 1.807) is 19.4 Å². The molecule has 6 heteroatoms. The molecule has 0 radical (unpaired) electrons. The third kappa shape index (κ3) is 11.0. The van der Waals surface area contributed by atoms with Gasteiger partial charge in [0.05, 0.1) is 0 Å². The highest BCUT2D eigenvalue weighted by Gasteiger charge is 2.06. The fraction of sp³-hybridized carbons (Fsp3) is 0.500. The van der Waals surface area contributed by atoms with Gasteiger partial charge in [0, 0.05) is 26.1 Å². The molecular formula is C14H23N3O3. The van der Waals surface area contributed by atoms with Crippen LogP contribution < -0.4 is 16.0 Å². The van der Waals surface area contributed by atoms with Crippen LogP contribution in [0.4, 0.5) is 0 Å². The normalized spacial score (nSPS) is 12.2. The minimum Gasteiger partial charge on any atom is -0.389 e. The molecule has 0 spiro atoms. The Kier molecular flexibility index (Phi) is 11.9. The molecular weight excluding hydrogens is 258 g/mol. The van der Waals surface area contributed by atoms with Crippen LogP contribution in [0.5, 0.6) is 0 Å². The van der Waals surface area contributed by atoms with Crippen molar-refractivity contribution in [3.63, 3.8) is 0 Å². The van der Waals surface area contributed by atoms with Crippen molar-refractivity contribution < 1.29 is 14.4 Å². The molecule has 112 valence electrons. The molecule has 0 rings (SSSR count). The third-order valence-corrected chi connectivity index (χ3v) is 2.65. The van der Waals surface area contributed by atoms with E-state index in [0.717, 1.165) is 19.3 Å². The lowest BCUT2D eigenvalue weighted by Crippen LogP contribution is -2.34. The van der Waals surface area contributed by atoms with E-state index >= 15 is 0 Å². The molecule has 1 unspecified atom stereocenters. The molecule has 0 saturated heterocycles. The van der Waals surface area contributed by atoms with Gasteiger partial charge in [0.15, 0.2) is 0 Å². The van der Waals surface area contributed by atoms with Crippen molar-refractivity contribution in [3.05, 3.63) is 24.6 Å². The SMILES string of the molecule is CNC(=O)CCCCC(CNC=CC=O)NC=CC=O. The number of amides is 1. The molecule has 1 atom stereocenters. The summed E-state index contributed by atoms with van der Waals surface area (Å²) in [5.41, 5.74) is 0. The van der Waals surface area contributed by atoms with Crippen LogP contribution in [-0.4, -0.2) is 38.1 Å². The zero-order chi connectivity index (χ0) is 15.1. The van der Waals surface area contributed by atoms with Crippen molar-refractivity contribution in [3.8, 4) is 0 Å². The van der Waals surface area contributed by atoms with Gasteiger partial charge in [-0.3, -0.25) is 14.4 Å². The highest BCUT2D eigenvalue weighted by molar-refractivity contribution is 5.75. The fourth-order valence-corrected chi connectivity index (χ4v) is 1.59. The second-order valence-electron chi connectivity index (χ2n) is 4.18. The average Bonchev–Trinajstić information content (AvgIpc) is 2.47. The van der Waals surface area contributed by atoms with Crippen molar-refractivity contribution in [2.45, 2.75) is 31.7 Å². The van der Waals surface area contributed by atoms with Crippen LogP contribution in [0, 0.1) is 0 Å². The van der Waals surface area contributed by atoms with Gasteiger partial charge in [0.1, 0.15) is 12.6 Å². The summed E-state index contributed by atoms with van der Waals surface area (Å²) in [6.07, 6.45) is 10.5. The Balaban J connectivity index is 3.99. The van der Waals surface area contributed by atoms with Crippen molar-refractivity contribution in [1.82, 2.24) is 16.0 Å². The average molecular weight is 281 g/mol. The maximum absolute atomic E-state index is 11.1. The van der Waals surface area contributed by atoms with E-state index in [2.05, 4.69) is 16.0 Å². The highest BCUT2D eigenvalue weighted by Crippen LogP contribution is 2.03. The summed E-state index contributed by atoms with van der Waals surface area (Å²) in [4.78, 5) is 31.4. The number of rotatable bonds is 12. The van der Waals surface area contributed by atoms with E-state index in [1.807, 2.05) is 0 Å². The molecule has 20 heavy (non-hydrogen) atoms. The van der Waals surface area contributed by atoms with E-state index in [-0.39, 0.29) is 11.9 Å². The topological polar surface area (TPSA) is 87.3 Å². The molecule has 6 nitrogen and oxygen atoms in total. The van der Waals surface area contributed by atoms with Crippen molar-refractivity contribution >= 4 is 18.5 Å². The van der Waals surface area contributed by atoms with Crippen LogP contribution >= 0.6 is 0 Å². The predicted molar refractivity (Wildman–Crippen MR) is 77.9 cm³/mol. The molecule has 0 aromatic heterocycles. The van der Waals surface area contributed by atoms with Gasteiger partial charge >= 0.3 is 0 Å². The van der Waals surface area contributed by atoms with E-state index in [1.165, 1.54) is 12.2 Å². The standard InChI is InChI=1S/C14H23N3O3/c1-15-14(20)7-3-2-6-13(17-9-5-11-19)12-16-8-4-10-18/h4-5,8-11,13,16-17H,2-3,6-7,12H2,1H3,(H,15,20). The number of hydrogen-bond donors (Lipinski definition) is 3. The fourth-order valence-electron chi connectivity index (χ4n) is 1.59. The molecule has 0 aliphatic rings. The molecule has 0 fully saturated rings. The monoisotopic (exact) mass is 281 g/mol. The molecule has 0 bridgehead atoms. The Morgan fingerprint density at radius 2 is 1.80 bits per heavy atom. The number of allylic oxidation sites excluding steroid dienone is 2. The van der Waals surface area contributed by atoms with Crippen LogP contribution in [0.25, 0.3) is 0 Å². The lowest BCUT2D eigenvalue weighted by Gasteiger charge is -2.17. The van der Waals surface area contributed by atoms with Gasteiger partial charge in [-0.1, -0.05) is 6.42 Å². The number of carbonyl (C=O) groups excluding carboxylic acids is 3. The molecule has 0 aliphatic carbocycles. The lowest BCUT2D eigenvalue weighted by atomic mass is 10.1. The second kappa shape index (κ2) is 13.3. The van der Waals surface area contributed by atoms with Gasteiger partial charge in [-0.2, -0.15) is 0 Å². The molecule has 0 aliphatic heterocycles. The first-order valence-electron chi connectivity index (χ1n) is 6.65. The summed E-state index contributed by atoms with van der Waals surface area (Å²) in [5.74, 6) is 0.0439. The maximum Gasteiger partial charge on any atom is 0.219 e. The van der Waals surface area contributed by atoms with Crippen LogP contribution in [0.1, 0.15) is 25.7 Å². The van der Waals surface area contributed by atoms with Gasteiger partial charge in [0.25, 0.3) is 0 Å². The first-order valence-corrected chi connectivity index (χ1v) is 6.65. The lowest BCUT2D eigenvalue weighted by molar-refractivity contribution is -0.120. The van der Waals surface area contributed by atoms with E-state index in [4.69, 9.17) is 0 Å². The van der Waals surface area contributed by atoms with Gasteiger partial charge in [-0.15, -0.1) is 0 Å². The van der Waals surface area contributed by atoms with Gasteiger partial charge in [0.2, 0.25) is 5.91 Å². The number of nitrogens with one attached hydrogen (secondary N) is 3. The Hall–Kier alpha value is -2.11. The summed E-state index contributed by atoms with van der Waals surface area (Å²) < 4.78 is 0. The summed E-state index contributed by atoms with van der Waals surface area (Å²) in [7, 11) is 1.63. The number of unbranched alkanes of at least 4 members (excludes halogenated alkanes) is 1. The largest absolute Gasteiger partial charge is 0.389 e. The number of carbonyl (C=O) groups is 3. The number of aldehydes is 2. The first kappa shape index (κ1) is 17.9. The van der Waals surface area contributed by atoms with Crippen LogP contribution in [0.3, 0.4) is 0 Å². The zero-order valence-corrected chi connectivity index (χ0v) is 11.8. The second-order valence-corrected chi connectivity index (χ2v) is 4.18. The zero-order valence-electron chi connectivity index (χ0n) is 11.8. The smallest absolute Gasteiger partial charge is 0.219 e. The summed E-state index contributed by atoms with van der Waals surface area (Å²) in [5, 5.41) is 8.69. The minimum absolute atomic E-state index is 0.0439. The van der Waals surface area contributed by atoms with Crippen LogP contribution in [0.15, 0.2) is 24.6 Å². The Bertz CT molecular complexity index is 341. The minimum atomic E-state index is 0.0439. The molecule has 0 saturated carbocycles. The van der Waals surface area contributed by atoms with E-state index < -0.39 is 0 Å². The first-order chi connectivity index (χ1) is 9.74. The Labute approximate surface area is 119 Å². The van der Waals surface area contributed by atoms with E-state index in [9.17, 15) is 14.4 Å². The predicted octanol–water partition coefficient (Wildman–Crippen LogP) is 0.266. The van der Waals surface area contributed by atoms with Gasteiger partial charge in [-0.25, -0.2) is 0 Å². The summed E-state index contributed by atoms with van der Waals surface area (Å²) >= 11 is 0. The van der Waals surface area contributed by atoms with Crippen LogP contribution in [0.2, 0.25) is 0 Å². The van der Waals surface area contributed by atoms with Crippen molar-refractivity contribution in [2.24, 2.45) is 0 Å². The Morgan fingerprint density at radius 1 is 1.10 bits per heavy atom. The summed E-state index contributed by atoms with van der Waals surface area (Å²) in [6.45, 7) is 0.632. The van der Waals surface area contributed by atoms with E-state index in [0.29, 0.717) is 25.5 Å².